The molecule has 1 N–H and O–H groups in total. The average molecular weight is 258 g/mol. The molecule has 0 atom stereocenters. The lowest BCUT2D eigenvalue weighted by Crippen LogP contribution is -2.45. The van der Waals surface area contributed by atoms with Crippen LogP contribution in [0, 0.1) is 0 Å². The summed E-state index contributed by atoms with van der Waals surface area (Å²) >= 11 is 0. The average Bonchev–Trinajstić information content (AvgIpc) is 2.46. The van der Waals surface area contributed by atoms with E-state index in [1.807, 2.05) is 35.3 Å². The zero-order valence-electron chi connectivity index (χ0n) is 11.6. The molecule has 1 amide bonds. The van der Waals surface area contributed by atoms with Crippen molar-refractivity contribution in [1.82, 2.24) is 10.4 Å². The summed E-state index contributed by atoms with van der Waals surface area (Å²) in [6.45, 7) is 3.96. The summed E-state index contributed by atoms with van der Waals surface area (Å²) in [5, 5.41) is 2.03. The third-order valence-corrected chi connectivity index (χ3v) is 3.37. The molecule has 1 heterocycles. The normalized spacial score (nSPS) is 15.9. The molecule has 1 aliphatic heterocycles. The Morgan fingerprint density at radius 3 is 2.84 bits per heavy atom. The van der Waals surface area contributed by atoms with E-state index in [2.05, 4.69) is 18.4 Å². The first-order chi connectivity index (χ1) is 9.29. The number of hydrogen-bond acceptors (Lipinski definition) is 2. The number of nitrogens with one attached hydrogen (secondary N) is 1. The van der Waals surface area contributed by atoms with E-state index in [4.69, 9.17) is 0 Å². The summed E-state index contributed by atoms with van der Waals surface area (Å²) in [6, 6.07) is 9.37. The second-order valence-corrected chi connectivity index (χ2v) is 4.98. The van der Waals surface area contributed by atoms with Gasteiger partial charge < -0.3 is 0 Å². The number of carbonyl (C=O) groups excluding carboxylic acids is 1. The number of carbonyl (C=O) groups is 1. The first-order valence-electron chi connectivity index (χ1n) is 7.08. The van der Waals surface area contributed by atoms with E-state index in [1.165, 1.54) is 18.4 Å². The molecule has 1 aliphatic rings. The molecular weight excluding hydrogens is 236 g/mol. The highest BCUT2D eigenvalue weighted by Crippen LogP contribution is 2.14. The van der Waals surface area contributed by atoms with E-state index in [9.17, 15) is 4.79 Å². The molecule has 0 aliphatic carbocycles. The Hall–Kier alpha value is -1.61. The maximum absolute atomic E-state index is 12.1. The summed E-state index contributed by atoms with van der Waals surface area (Å²) in [4.78, 5) is 12.1. The minimum atomic E-state index is -0.0164. The summed E-state index contributed by atoms with van der Waals surface area (Å²) in [7, 11) is 0. The van der Waals surface area contributed by atoms with Gasteiger partial charge in [-0.25, -0.2) is 5.01 Å². The molecule has 1 aromatic carbocycles. The van der Waals surface area contributed by atoms with E-state index in [1.54, 1.807) is 0 Å². The van der Waals surface area contributed by atoms with Gasteiger partial charge in [0.2, 0.25) is 0 Å². The third kappa shape index (κ3) is 4.21. The van der Waals surface area contributed by atoms with Crippen LogP contribution < -0.4 is 5.43 Å². The van der Waals surface area contributed by atoms with Gasteiger partial charge in [0.05, 0.1) is 0 Å². The lowest BCUT2D eigenvalue weighted by molar-refractivity contribution is 0.0797. The Labute approximate surface area is 115 Å². The Balaban J connectivity index is 1.87. The number of hydrogen-bond donors (Lipinski definition) is 1. The molecule has 0 aromatic heterocycles. The van der Waals surface area contributed by atoms with Gasteiger partial charge in [-0.1, -0.05) is 43.2 Å². The van der Waals surface area contributed by atoms with Crippen LogP contribution >= 0.6 is 0 Å². The van der Waals surface area contributed by atoms with Crippen LogP contribution in [0.1, 0.15) is 43.0 Å². The van der Waals surface area contributed by atoms with Crippen LogP contribution in [0.3, 0.4) is 0 Å². The number of nitrogens with zero attached hydrogens (tertiary/aromatic N) is 1. The standard InChI is InChI=1S/C16H22N2O/c1-2-3-8-14-9-7-12-18(13-14)17-16(19)15-10-5-4-6-11-15/h4-6,9-11H,2-3,7-8,12-13H2,1H3,(H,17,19). The minimum Gasteiger partial charge on any atom is -0.284 e. The van der Waals surface area contributed by atoms with Gasteiger partial charge in [-0.3, -0.25) is 10.2 Å². The van der Waals surface area contributed by atoms with E-state index < -0.39 is 0 Å². The summed E-state index contributed by atoms with van der Waals surface area (Å²) in [6.07, 6.45) is 6.93. The van der Waals surface area contributed by atoms with Crippen molar-refractivity contribution in [2.75, 3.05) is 13.1 Å². The van der Waals surface area contributed by atoms with Gasteiger partial charge in [0.1, 0.15) is 0 Å². The van der Waals surface area contributed by atoms with Crippen LogP contribution in [-0.2, 0) is 0 Å². The monoisotopic (exact) mass is 258 g/mol. The molecule has 0 saturated carbocycles. The first kappa shape index (κ1) is 13.8. The van der Waals surface area contributed by atoms with Crippen LogP contribution in [0.5, 0.6) is 0 Å². The Bertz CT molecular complexity index is 439. The highest BCUT2D eigenvalue weighted by atomic mass is 16.2. The molecule has 2 rings (SSSR count). The second-order valence-electron chi connectivity index (χ2n) is 4.98. The van der Waals surface area contributed by atoms with Crippen molar-refractivity contribution >= 4 is 5.91 Å². The van der Waals surface area contributed by atoms with Crippen LogP contribution in [0.4, 0.5) is 0 Å². The van der Waals surface area contributed by atoms with Crippen molar-refractivity contribution in [3.63, 3.8) is 0 Å². The highest BCUT2D eigenvalue weighted by molar-refractivity contribution is 5.93. The van der Waals surface area contributed by atoms with Crippen LogP contribution in [0.25, 0.3) is 0 Å². The molecule has 0 radical (unpaired) electrons. The maximum atomic E-state index is 12.1. The Kier molecular flexibility index (Phi) is 5.16. The van der Waals surface area contributed by atoms with Gasteiger partial charge >= 0.3 is 0 Å². The van der Waals surface area contributed by atoms with Crippen LogP contribution in [0.15, 0.2) is 42.0 Å². The maximum Gasteiger partial charge on any atom is 0.265 e. The summed E-state index contributed by atoms with van der Waals surface area (Å²) < 4.78 is 0. The first-order valence-corrected chi connectivity index (χ1v) is 7.08. The molecule has 19 heavy (non-hydrogen) atoms. The molecule has 0 saturated heterocycles. The van der Waals surface area contributed by atoms with Crippen molar-refractivity contribution in [1.29, 1.82) is 0 Å². The summed E-state index contributed by atoms with van der Waals surface area (Å²) in [5.41, 5.74) is 5.16. The van der Waals surface area contributed by atoms with Crippen molar-refractivity contribution in [2.24, 2.45) is 0 Å². The highest BCUT2D eigenvalue weighted by Gasteiger charge is 2.15. The van der Waals surface area contributed by atoms with Crippen molar-refractivity contribution in [2.45, 2.75) is 32.6 Å². The molecule has 0 bridgehead atoms. The number of unbranched alkanes of at least 4 members (excludes halogenated alkanes) is 1. The largest absolute Gasteiger partial charge is 0.284 e. The molecule has 0 spiro atoms. The van der Waals surface area contributed by atoms with E-state index in [0.29, 0.717) is 5.56 Å². The molecule has 3 heteroatoms. The zero-order valence-corrected chi connectivity index (χ0v) is 11.6. The summed E-state index contributed by atoms with van der Waals surface area (Å²) in [5.74, 6) is -0.0164. The van der Waals surface area contributed by atoms with Gasteiger partial charge in [0.25, 0.3) is 5.91 Å². The topological polar surface area (TPSA) is 32.3 Å². The molecule has 1 aromatic rings. The van der Waals surface area contributed by atoms with Crippen molar-refractivity contribution in [3.8, 4) is 0 Å². The van der Waals surface area contributed by atoms with Crippen molar-refractivity contribution < 1.29 is 4.79 Å². The zero-order chi connectivity index (χ0) is 13.5. The SMILES string of the molecule is CCCCC1=CCCN(NC(=O)c2ccccc2)C1. The number of rotatable bonds is 5. The van der Waals surface area contributed by atoms with Crippen molar-refractivity contribution in [3.05, 3.63) is 47.5 Å². The van der Waals surface area contributed by atoms with E-state index >= 15 is 0 Å². The lowest BCUT2D eigenvalue weighted by Gasteiger charge is -2.27. The third-order valence-electron chi connectivity index (χ3n) is 3.37. The molecule has 0 unspecified atom stereocenters. The number of amides is 1. The van der Waals surface area contributed by atoms with Gasteiger partial charge in [-0.05, 0) is 31.4 Å². The Morgan fingerprint density at radius 1 is 1.32 bits per heavy atom. The lowest BCUT2D eigenvalue weighted by atomic mass is 10.0. The fourth-order valence-corrected chi connectivity index (χ4v) is 2.29. The van der Waals surface area contributed by atoms with Gasteiger partial charge in [-0.15, -0.1) is 0 Å². The quantitative estimate of drug-likeness (QED) is 0.823. The number of hydrazine groups is 1. The minimum absolute atomic E-state index is 0.0164. The van der Waals surface area contributed by atoms with Gasteiger partial charge in [-0.2, -0.15) is 0 Å². The predicted molar refractivity (Wildman–Crippen MR) is 77.7 cm³/mol. The fraction of sp³-hybridized carbons (Fsp3) is 0.438. The number of benzene rings is 1. The van der Waals surface area contributed by atoms with E-state index in [-0.39, 0.29) is 5.91 Å². The predicted octanol–water partition coefficient (Wildman–Crippen LogP) is 3.15. The fourth-order valence-electron chi connectivity index (χ4n) is 2.29. The van der Waals surface area contributed by atoms with Gasteiger partial charge in [0, 0.05) is 18.7 Å². The smallest absolute Gasteiger partial charge is 0.265 e. The van der Waals surface area contributed by atoms with Crippen LogP contribution in [0.2, 0.25) is 0 Å². The Morgan fingerprint density at radius 2 is 2.11 bits per heavy atom. The van der Waals surface area contributed by atoms with E-state index in [0.717, 1.165) is 25.9 Å². The second kappa shape index (κ2) is 7.10. The van der Waals surface area contributed by atoms with Gasteiger partial charge in [0.15, 0.2) is 0 Å². The molecule has 102 valence electrons. The molecular formula is C16H22N2O. The van der Waals surface area contributed by atoms with Crippen LogP contribution in [-0.4, -0.2) is 24.0 Å². The molecule has 3 nitrogen and oxygen atoms in total. The molecule has 0 fully saturated rings.